The third-order valence-electron chi connectivity index (χ3n) is 5.87. The van der Waals surface area contributed by atoms with E-state index in [1.807, 2.05) is 6.08 Å². The van der Waals surface area contributed by atoms with E-state index in [1.165, 1.54) is 6.07 Å². The van der Waals surface area contributed by atoms with E-state index in [1.54, 1.807) is 12.1 Å². The number of benzene rings is 1. The Morgan fingerprint density at radius 1 is 1.21 bits per heavy atom. The average Bonchev–Trinajstić information content (AvgIpc) is 3.32. The van der Waals surface area contributed by atoms with Crippen molar-refractivity contribution in [2.75, 3.05) is 6.54 Å². The van der Waals surface area contributed by atoms with Crippen molar-refractivity contribution in [2.45, 2.75) is 58.2 Å². The first kappa shape index (κ1) is 19.5. The van der Waals surface area contributed by atoms with Gasteiger partial charge in [0.1, 0.15) is 11.8 Å². The fourth-order valence-electron chi connectivity index (χ4n) is 4.60. The van der Waals surface area contributed by atoms with Gasteiger partial charge in [-0.2, -0.15) is 14.0 Å². The summed E-state index contributed by atoms with van der Waals surface area (Å²) in [7, 11) is 0. The van der Waals surface area contributed by atoms with Gasteiger partial charge in [-0.3, -0.25) is 0 Å². The van der Waals surface area contributed by atoms with Crippen LogP contribution in [0.2, 0.25) is 0 Å². The second kappa shape index (κ2) is 7.90. The molecule has 1 aliphatic heterocycles. The number of aromatic nitrogens is 1. The predicted molar refractivity (Wildman–Crippen MR) is 110 cm³/mol. The minimum Gasteiger partial charge on any atom is -0.435 e. The molecule has 1 saturated carbocycles. The number of ether oxygens (including phenoxy) is 1. The lowest BCUT2D eigenvalue weighted by molar-refractivity contribution is -0.0497. The van der Waals surface area contributed by atoms with Crippen molar-refractivity contribution < 1.29 is 13.5 Å². The minimum atomic E-state index is -2.88. The molecule has 4 nitrogen and oxygen atoms in total. The standard InChI is InChI=1S/C23H25F2N3O/c1-15(2)27-12-6-5-9-20(27)22-19(14-26)18-11-10-17(29-23(24)25)13-21(18)28(22)16-7-3-4-8-16/h5-6,9-11,13,15-16,23H,3-4,7-8,12H2,1-2H3. The number of nitriles is 1. The summed E-state index contributed by atoms with van der Waals surface area (Å²) in [5.74, 6) is 0.124. The molecule has 2 aromatic rings. The first-order valence-electron chi connectivity index (χ1n) is 10.2. The van der Waals surface area contributed by atoms with Crippen LogP contribution < -0.4 is 4.74 Å². The van der Waals surface area contributed by atoms with Gasteiger partial charge in [-0.15, -0.1) is 0 Å². The van der Waals surface area contributed by atoms with Crippen molar-refractivity contribution in [1.29, 1.82) is 5.26 Å². The fourth-order valence-corrected chi connectivity index (χ4v) is 4.60. The molecule has 1 fully saturated rings. The van der Waals surface area contributed by atoms with Crippen molar-refractivity contribution in [3.63, 3.8) is 0 Å². The van der Waals surface area contributed by atoms with E-state index >= 15 is 0 Å². The molecule has 4 rings (SSSR count). The topological polar surface area (TPSA) is 41.2 Å². The molecule has 1 aromatic carbocycles. The molecular weight excluding hydrogens is 372 g/mol. The normalized spacial score (nSPS) is 17.4. The molecule has 0 atom stereocenters. The van der Waals surface area contributed by atoms with E-state index < -0.39 is 6.61 Å². The number of fused-ring (bicyclic) bond motifs is 1. The van der Waals surface area contributed by atoms with Gasteiger partial charge in [0.2, 0.25) is 0 Å². The minimum absolute atomic E-state index is 0.124. The number of rotatable bonds is 5. The largest absolute Gasteiger partial charge is 0.435 e. The first-order chi connectivity index (χ1) is 14.0. The highest BCUT2D eigenvalue weighted by Gasteiger charge is 2.30. The van der Waals surface area contributed by atoms with Crippen LogP contribution in [0.15, 0.2) is 36.4 Å². The Morgan fingerprint density at radius 2 is 1.97 bits per heavy atom. The Kier molecular flexibility index (Phi) is 5.31. The first-order valence-corrected chi connectivity index (χ1v) is 10.2. The number of allylic oxidation sites excluding steroid dienone is 2. The summed E-state index contributed by atoms with van der Waals surface area (Å²) in [6.07, 6.45) is 10.5. The third-order valence-corrected chi connectivity index (χ3v) is 5.87. The summed E-state index contributed by atoms with van der Waals surface area (Å²) in [5.41, 5.74) is 3.29. The number of nitrogens with zero attached hydrogens (tertiary/aromatic N) is 3. The summed E-state index contributed by atoms with van der Waals surface area (Å²) in [4.78, 5) is 2.27. The lowest BCUT2D eigenvalue weighted by Gasteiger charge is -2.33. The van der Waals surface area contributed by atoms with E-state index in [0.717, 1.165) is 54.5 Å². The molecule has 1 aromatic heterocycles. The van der Waals surface area contributed by atoms with Gasteiger partial charge >= 0.3 is 6.61 Å². The van der Waals surface area contributed by atoms with Gasteiger partial charge in [0.05, 0.1) is 22.5 Å². The van der Waals surface area contributed by atoms with Gasteiger partial charge in [-0.1, -0.05) is 25.0 Å². The zero-order chi connectivity index (χ0) is 20.5. The van der Waals surface area contributed by atoms with Crippen LogP contribution in [-0.4, -0.2) is 28.7 Å². The van der Waals surface area contributed by atoms with E-state index in [2.05, 4.69) is 46.3 Å². The second-order valence-corrected chi connectivity index (χ2v) is 7.93. The summed E-state index contributed by atoms with van der Waals surface area (Å²) in [6.45, 7) is 2.17. The Bertz CT molecular complexity index is 1010. The Morgan fingerprint density at radius 3 is 2.62 bits per heavy atom. The molecule has 0 amide bonds. The van der Waals surface area contributed by atoms with E-state index in [4.69, 9.17) is 0 Å². The van der Waals surface area contributed by atoms with Crippen molar-refractivity contribution >= 4 is 16.6 Å². The molecule has 152 valence electrons. The van der Waals surface area contributed by atoms with E-state index in [0.29, 0.717) is 5.56 Å². The maximum absolute atomic E-state index is 12.8. The number of halogens is 2. The lowest BCUT2D eigenvalue weighted by Crippen LogP contribution is -2.32. The molecule has 29 heavy (non-hydrogen) atoms. The molecule has 2 heterocycles. The van der Waals surface area contributed by atoms with Gasteiger partial charge in [-0.05, 0) is 44.9 Å². The quantitative estimate of drug-likeness (QED) is 0.635. The Hall–Kier alpha value is -2.81. The SMILES string of the molecule is CC(C)N1CC=CC=C1c1c(C#N)c2ccc(OC(F)F)cc2n1C1CCCC1. The molecule has 0 saturated heterocycles. The van der Waals surface area contributed by atoms with Gasteiger partial charge < -0.3 is 14.2 Å². The van der Waals surface area contributed by atoms with Crippen molar-refractivity contribution in [1.82, 2.24) is 9.47 Å². The fraction of sp³-hybridized carbons (Fsp3) is 0.435. The highest BCUT2D eigenvalue weighted by atomic mass is 19.3. The van der Waals surface area contributed by atoms with Crippen LogP contribution >= 0.6 is 0 Å². The van der Waals surface area contributed by atoms with Crippen LogP contribution in [0.3, 0.4) is 0 Å². The van der Waals surface area contributed by atoms with E-state index in [9.17, 15) is 14.0 Å². The van der Waals surface area contributed by atoms with Crippen molar-refractivity contribution in [3.8, 4) is 11.8 Å². The van der Waals surface area contributed by atoms with Crippen molar-refractivity contribution in [3.05, 3.63) is 47.7 Å². The highest BCUT2D eigenvalue weighted by Crippen LogP contribution is 2.42. The molecule has 0 bridgehead atoms. The van der Waals surface area contributed by atoms with E-state index in [-0.39, 0.29) is 17.8 Å². The summed E-state index contributed by atoms with van der Waals surface area (Å²) < 4.78 is 32.5. The van der Waals surface area contributed by atoms with Crippen LogP contribution in [0.25, 0.3) is 16.6 Å². The molecule has 2 aliphatic rings. The van der Waals surface area contributed by atoms with Gasteiger partial charge in [0, 0.05) is 30.1 Å². The van der Waals surface area contributed by atoms with Crippen LogP contribution in [0.5, 0.6) is 5.75 Å². The maximum atomic E-state index is 12.8. The molecule has 6 heteroatoms. The molecule has 0 spiro atoms. The number of hydrogen-bond donors (Lipinski definition) is 0. The molecule has 0 radical (unpaired) electrons. The van der Waals surface area contributed by atoms with Crippen LogP contribution in [0.1, 0.15) is 56.8 Å². The van der Waals surface area contributed by atoms with Gasteiger partial charge in [0.15, 0.2) is 0 Å². The molecule has 0 unspecified atom stereocenters. The Balaban J connectivity index is 1.99. The monoisotopic (exact) mass is 397 g/mol. The van der Waals surface area contributed by atoms with Crippen LogP contribution in [0, 0.1) is 11.3 Å². The highest BCUT2D eigenvalue weighted by molar-refractivity contribution is 5.94. The smallest absolute Gasteiger partial charge is 0.387 e. The average molecular weight is 397 g/mol. The zero-order valence-corrected chi connectivity index (χ0v) is 16.7. The van der Waals surface area contributed by atoms with Crippen molar-refractivity contribution in [2.24, 2.45) is 0 Å². The summed E-state index contributed by atoms with van der Waals surface area (Å²) >= 11 is 0. The molecule has 1 aliphatic carbocycles. The van der Waals surface area contributed by atoms with Gasteiger partial charge in [-0.25, -0.2) is 0 Å². The predicted octanol–water partition coefficient (Wildman–Crippen LogP) is 5.85. The zero-order valence-electron chi connectivity index (χ0n) is 16.7. The second-order valence-electron chi connectivity index (χ2n) is 7.93. The van der Waals surface area contributed by atoms with Crippen LogP contribution in [0.4, 0.5) is 8.78 Å². The molecular formula is C23H25F2N3O. The van der Waals surface area contributed by atoms with Gasteiger partial charge in [0.25, 0.3) is 0 Å². The number of hydrogen-bond acceptors (Lipinski definition) is 3. The molecule has 0 N–H and O–H groups in total. The third kappa shape index (κ3) is 3.50. The lowest BCUT2D eigenvalue weighted by atomic mass is 10.1. The summed E-state index contributed by atoms with van der Waals surface area (Å²) in [6, 6.07) is 7.83. The maximum Gasteiger partial charge on any atom is 0.387 e. The Labute approximate surface area is 169 Å². The van der Waals surface area contributed by atoms with Crippen LogP contribution in [-0.2, 0) is 0 Å². The number of alkyl halides is 2. The summed E-state index contributed by atoms with van der Waals surface area (Å²) in [5, 5.41) is 10.9.